The molecule has 3 heteroatoms. The lowest BCUT2D eigenvalue weighted by molar-refractivity contribution is 0.769. The third kappa shape index (κ3) is 2.98. The highest BCUT2D eigenvalue weighted by Crippen LogP contribution is 2.02. The first-order valence-electron chi connectivity index (χ1n) is 5.30. The van der Waals surface area contributed by atoms with E-state index in [9.17, 15) is 0 Å². The lowest BCUT2D eigenvalue weighted by Crippen LogP contribution is -1.99. The van der Waals surface area contributed by atoms with E-state index < -0.39 is 0 Å². The van der Waals surface area contributed by atoms with Crippen LogP contribution in [-0.4, -0.2) is 16.3 Å². The summed E-state index contributed by atoms with van der Waals surface area (Å²) in [5.41, 5.74) is 1.21. The molecule has 1 aromatic heterocycles. The molecule has 0 aliphatic heterocycles. The number of hydrogen-bond acceptors (Lipinski definition) is 2. The van der Waals surface area contributed by atoms with Crippen molar-refractivity contribution in [1.82, 2.24) is 9.78 Å². The summed E-state index contributed by atoms with van der Waals surface area (Å²) in [6.45, 7) is 0.784. The summed E-state index contributed by atoms with van der Waals surface area (Å²) in [7, 11) is 1.91. The summed E-state index contributed by atoms with van der Waals surface area (Å²) in [4.78, 5) is 0. The average Bonchev–Trinajstić information content (AvgIpc) is 2.72. The monoisotopic (exact) mass is 213 g/mol. The first kappa shape index (κ1) is 10.5. The van der Waals surface area contributed by atoms with Crippen LogP contribution in [0.25, 0.3) is 6.08 Å². The van der Waals surface area contributed by atoms with Gasteiger partial charge in [-0.05, 0) is 5.56 Å². The van der Waals surface area contributed by atoms with Gasteiger partial charge < -0.3 is 5.32 Å². The van der Waals surface area contributed by atoms with Gasteiger partial charge >= 0.3 is 0 Å². The number of aromatic nitrogens is 2. The molecule has 0 fully saturated rings. The van der Waals surface area contributed by atoms with Crippen molar-refractivity contribution in [3.63, 3.8) is 0 Å². The highest BCUT2D eigenvalue weighted by Gasteiger charge is 1.91. The van der Waals surface area contributed by atoms with Crippen LogP contribution in [0, 0.1) is 0 Å². The molecule has 2 rings (SSSR count). The Labute approximate surface area is 95.4 Å². The molecule has 0 saturated heterocycles. The number of nitrogens with zero attached hydrogens (tertiary/aromatic N) is 2. The third-order valence-corrected chi connectivity index (χ3v) is 2.22. The van der Waals surface area contributed by atoms with Crippen molar-refractivity contribution in [2.45, 2.75) is 0 Å². The predicted octanol–water partition coefficient (Wildman–Crippen LogP) is 2.55. The fraction of sp³-hybridized carbons (Fsp3) is 0.154. The van der Waals surface area contributed by atoms with Crippen molar-refractivity contribution in [2.75, 3.05) is 11.9 Å². The average molecular weight is 213 g/mol. The van der Waals surface area contributed by atoms with Gasteiger partial charge in [-0.2, -0.15) is 5.10 Å². The lowest BCUT2D eigenvalue weighted by Gasteiger charge is -1.97. The molecule has 1 N–H and O–H groups in total. The zero-order valence-corrected chi connectivity index (χ0v) is 9.30. The number of nitrogens with one attached hydrogen (secondary N) is 1. The van der Waals surface area contributed by atoms with E-state index in [2.05, 4.69) is 34.7 Å². The van der Waals surface area contributed by atoms with Crippen LogP contribution in [0.1, 0.15) is 5.56 Å². The van der Waals surface area contributed by atoms with Crippen molar-refractivity contribution in [1.29, 1.82) is 0 Å². The van der Waals surface area contributed by atoms with Gasteiger partial charge in [0.25, 0.3) is 0 Å². The minimum atomic E-state index is 0.784. The maximum atomic E-state index is 4.23. The Balaban J connectivity index is 1.82. The second-order valence-electron chi connectivity index (χ2n) is 3.57. The molecule has 0 spiro atoms. The van der Waals surface area contributed by atoms with Gasteiger partial charge in [0.2, 0.25) is 0 Å². The molecule has 0 bridgehead atoms. The first-order valence-corrected chi connectivity index (χ1v) is 5.30. The third-order valence-electron chi connectivity index (χ3n) is 2.22. The van der Waals surface area contributed by atoms with Crippen LogP contribution in [0.5, 0.6) is 0 Å². The summed E-state index contributed by atoms with van der Waals surface area (Å²) in [5.74, 6) is 0.903. The molecule has 0 radical (unpaired) electrons. The van der Waals surface area contributed by atoms with Gasteiger partial charge in [0.05, 0.1) is 0 Å². The molecule has 0 aliphatic carbocycles. The van der Waals surface area contributed by atoms with Crippen LogP contribution in [0.3, 0.4) is 0 Å². The minimum Gasteiger partial charge on any atom is -0.365 e. The quantitative estimate of drug-likeness (QED) is 0.845. The number of benzene rings is 1. The van der Waals surface area contributed by atoms with Gasteiger partial charge in [0, 0.05) is 25.9 Å². The molecule has 1 aromatic carbocycles. The van der Waals surface area contributed by atoms with Gasteiger partial charge in [0.15, 0.2) is 0 Å². The molecule has 3 nitrogen and oxygen atoms in total. The normalized spacial score (nSPS) is 10.8. The van der Waals surface area contributed by atoms with Crippen LogP contribution in [-0.2, 0) is 7.05 Å². The fourth-order valence-electron chi connectivity index (χ4n) is 1.43. The number of hydrogen-bond donors (Lipinski definition) is 1. The Bertz CT molecular complexity index is 457. The zero-order valence-electron chi connectivity index (χ0n) is 9.30. The first-order chi connectivity index (χ1) is 7.84. The second kappa shape index (κ2) is 5.16. The van der Waals surface area contributed by atoms with E-state index in [1.807, 2.05) is 37.5 Å². The van der Waals surface area contributed by atoms with Gasteiger partial charge in [0.1, 0.15) is 5.82 Å². The van der Waals surface area contributed by atoms with Crippen molar-refractivity contribution in [3.8, 4) is 0 Å². The largest absolute Gasteiger partial charge is 0.365 e. The highest BCUT2D eigenvalue weighted by molar-refractivity contribution is 5.49. The maximum absolute atomic E-state index is 4.23. The van der Waals surface area contributed by atoms with E-state index in [0.29, 0.717) is 0 Å². The summed E-state index contributed by atoms with van der Waals surface area (Å²) >= 11 is 0. The molecule has 0 atom stereocenters. The standard InChI is InChI=1S/C13H15N3/c1-16-11-9-13(15-16)14-10-5-8-12-6-3-2-4-7-12/h2-9,11H,10H2,1H3,(H,14,15)/b8-5+. The zero-order chi connectivity index (χ0) is 11.2. The number of anilines is 1. The van der Waals surface area contributed by atoms with Gasteiger partial charge in [-0.3, -0.25) is 4.68 Å². The van der Waals surface area contributed by atoms with Gasteiger partial charge in [-0.1, -0.05) is 42.5 Å². The Morgan fingerprint density at radius 2 is 2.06 bits per heavy atom. The predicted molar refractivity (Wildman–Crippen MR) is 67.2 cm³/mol. The Morgan fingerprint density at radius 1 is 1.25 bits per heavy atom. The van der Waals surface area contributed by atoms with Crippen LogP contribution >= 0.6 is 0 Å². The van der Waals surface area contributed by atoms with E-state index >= 15 is 0 Å². The molecule has 0 unspecified atom stereocenters. The Morgan fingerprint density at radius 3 is 2.75 bits per heavy atom. The molecule has 0 amide bonds. The van der Waals surface area contributed by atoms with Crippen LogP contribution in [0.15, 0.2) is 48.7 Å². The van der Waals surface area contributed by atoms with Crippen molar-refractivity contribution in [2.24, 2.45) is 7.05 Å². The smallest absolute Gasteiger partial charge is 0.148 e. The Hall–Kier alpha value is -2.03. The molecule has 0 aliphatic rings. The molecular formula is C13H15N3. The fourth-order valence-corrected chi connectivity index (χ4v) is 1.43. The van der Waals surface area contributed by atoms with E-state index in [-0.39, 0.29) is 0 Å². The molecule has 1 heterocycles. The molecule has 82 valence electrons. The second-order valence-corrected chi connectivity index (χ2v) is 3.57. The van der Waals surface area contributed by atoms with Gasteiger partial charge in [-0.15, -0.1) is 0 Å². The number of aryl methyl sites for hydroxylation is 1. The summed E-state index contributed by atoms with van der Waals surface area (Å²) in [6.07, 6.45) is 6.10. The maximum Gasteiger partial charge on any atom is 0.148 e. The minimum absolute atomic E-state index is 0.784. The van der Waals surface area contributed by atoms with Crippen molar-refractivity contribution < 1.29 is 0 Å². The van der Waals surface area contributed by atoms with Crippen molar-refractivity contribution >= 4 is 11.9 Å². The molecule has 16 heavy (non-hydrogen) atoms. The van der Waals surface area contributed by atoms with Crippen LogP contribution < -0.4 is 5.32 Å². The van der Waals surface area contributed by atoms with E-state index in [1.54, 1.807) is 4.68 Å². The Kier molecular flexibility index (Phi) is 3.38. The van der Waals surface area contributed by atoms with Gasteiger partial charge in [-0.25, -0.2) is 0 Å². The van der Waals surface area contributed by atoms with E-state index in [1.165, 1.54) is 5.56 Å². The van der Waals surface area contributed by atoms with Crippen LogP contribution in [0.4, 0.5) is 5.82 Å². The van der Waals surface area contributed by atoms with Crippen LogP contribution in [0.2, 0.25) is 0 Å². The van der Waals surface area contributed by atoms with E-state index in [4.69, 9.17) is 0 Å². The number of rotatable bonds is 4. The molecule has 2 aromatic rings. The van der Waals surface area contributed by atoms with E-state index in [0.717, 1.165) is 12.4 Å². The molecule has 0 saturated carbocycles. The topological polar surface area (TPSA) is 29.9 Å². The summed E-state index contributed by atoms with van der Waals surface area (Å²) < 4.78 is 1.78. The molecular weight excluding hydrogens is 198 g/mol. The van der Waals surface area contributed by atoms with Crippen molar-refractivity contribution in [3.05, 3.63) is 54.2 Å². The SMILES string of the molecule is Cn1ccc(NC/C=C/c2ccccc2)n1. The summed E-state index contributed by atoms with van der Waals surface area (Å²) in [5, 5.41) is 7.44. The lowest BCUT2D eigenvalue weighted by atomic mass is 10.2. The summed E-state index contributed by atoms with van der Waals surface area (Å²) in [6, 6.07) is 12.2. The highest BCUT2D eigenvalue weighted by atomic mass is 15.3.